The number of phenolic OH excluding ortho intramolecular Hbond substituents is 1. The molecule has 1 N–H and O–H groups in total. The Morgan fingerprint density at radius 2 is 2.00 bits per heavy atom. The van der Waals surface area contributed by atoms with Crippen molar-refractivity contribution in [3.8, 4) is 5.75 Å². The molecule has 0 saturated carbocycles. The van der Waals surface area contributed by atoms with E-state index in [0.29, 0.717) is 18.8 Å². The third-order valence-electron chi connectivity index (χ3n) is 4.34. The molecule has 2 saturated heterocycles. The molecule has 0 amide bonds. The number of ketones is 1. The smallest absolute Gasteiger partial charge is 0.218 e. The van der Waals surface area contributed by atoms with E-state index in [2.05, 4.69) is 0 Å². The second-order valence-electron chi connectivity index (χ2n) is 5.50. The lowest BCUT2D eigenvalue weighted by atomic mass is 9.83. The number of fused-ring (bicyclic) bond motifs is 2. The van der Waals surface area contributed by atoms with Gasteiger partial charge in [0.2, 0.25) is 6.29 Å². The predicted molar refractivity (Wildman–Crippen MR) is 69.3 cm³/mol. The van der Waals surface area contributed by atoms with Crippen LogP contribution in [-0.2, 0) is 14.3 Å². The van der Waals surface area contributed by atoms with Gasteiger partial charge >= 0.3 is 0 Å². The second kappa shape index (κ2) is 4.32. The monoisotopic (exact) mass is 262 g/mol. The summed E-state index contributed by atoms with van der Waals surface area (Å²) < 4.78 is 11.0. The van der Waals surface area contributed by atoms with Crippen molar-refractivity contribution in [2.75, 3.05) is 6.61 Å². The van der Waals surface area contributed by atoms with Crippen molar-refractivity contribution >= 4 is 5.78 Å². The first-order valence-electron chi connectivity index (χ1n) is 6.58. The molecule has 1 aromatic carbocycles. The van der Waals surface area contributed by atoms with Gasteiger partial charge in [-0.2, -0.15) is 0 Å². The molecule has 1 aromatic rings. The van der Waals surface area contributed by atoms with Crippen molar-refractivity contribution in [1.82, 2.24) is 0 Å². The summed E-state index contributed by atoms with van der Waals surface area (Å²) in [5, 5.41) is 9.97. The molecular formula is C15H18O4. The van der Waals surface area contributed by atoms with Crippen LogP contribution in [0.5, 0.6) is 5.75 Å². The summed E-state index contributed by atoms with van der Waals surface area (Å²) >= 11 is 0. The Hall–Kier alpha value is -1.39. The first kappa shape index (κ1) is 12.6. The lowest BCUT2D eigenvalue weighted by Crippen LogP contribution is -2.34. The number of aryl methyl sites for hydroxylation is 1. The van der Waals surface area contributed by atoms with E-state index in [4.69, 9.17) is 9.47 Å². The molecule has 2 aliphatic rings. The molecule has 3 atom stereocenters. The van der Waals surface area contributed by atoms with Crippen molar-refractivity contribution < 1.29 is 19.4 Å². The molecule has 0 unspecified atom stereocenters. The predicted octanol–water partition coefficient (Wildman–Crippen LogP) is 2.12. The zero-order valence-corrected chi connectivity index (χ0v) is 11.4. The quantitative estimate of drug-likeness (QED) is 0.842. The van der Waals surface area contributed by atoms with E-state index in [-0.39, 0.29) is 17.8 Å². The number of benzene rings is 1. The molecule has 3 rings (SSSR count). The minimum atomic E-state index is -0.652. The van der Waals surface area contributed by atoms with Crippen LogP contribution < -0.4 is 0 Å². The van der Waals surface area contributed by atoms with E-state index < -0.39 is 6.29 Å². The van der Waals surface area contributed by atoms with Crippen molar-refractivity contribution in [3.63, 3.8) is 0 Å². The summed E-state index contributed by atoms with van der Waals surface area (Å²) in [6, 6.07) is 1.97. The van der Waals surface area contributed by atoms with Crippen molar-refractivity contribution in [2.24, 2.45) is 0 Å². The lowest BCUT2D eigenvalue weighted by molar-refractivity contribution is -0.154. The highest BCUT2D eigenvalue weighted by Gasteiger charge is 2.44. The molecule has 2 fully saturated rings. The average molecular weight is 262 g/mol. The van der Waals surface area contributed by atoms with Gasteiger partial charge in [0.1, 0.15) is 5.75 Å². The minimum Gasteiger partial charge on any atom is -0.507 e. The molecule has 4 nitrogen and oxygen atoms in total. The number of phenols is 1. The molecule has 4 heteroatoms. The van der Waals surface area contributed by atoms with E-state index in [1.54, 1.807) is 0 Å². The highest BCUT2D eigenvalue weighted by atomic mass is 16.7. The lowest BCUT2D eigenvalue weighted by Gasteiger charge is -2.29. The molecular weight excluding hydrogens is 244 g/mol. The Morgan fingerprint density at radius 1 is 1.26 bits per heavy atom. The normalized spacial score (nSPS) is 29.8. The van der Waals surface area contributed by atoms with Crippen LogP contribution in [0.25, 0.3) is 0 Å². The number of Topliss-reactive ketones (excluding diaryl/α,β-unsaturated/α-hetero) is 1. The number of carbonyl (C=O) groups is 1. The van der Waals surface area contributed by atoms with Crippen molar-refractivity contribution in [2.45, 2.75) is 45.5 Å². The zero-order valence-electron chi connectivity index (χ0n) is 11.4. The highest BCUT2D eigenvalue weighted by Crippen LogP contribution is 2.40. The molecule has 2 aliphatic heterocycles. The zero-order chi connectivity index (χ0) is 13.7. The maximum Gasteiger partial charge on any atom is 0.218 e. The van der Waals surface area contributed by atoms with Gasteiger partial charge in [-0.1, -0.05) is 6.07 Å². The number of carbonyl (C=O) groups excluding carboxylic acids is 1. The van der Waals surface area contributed by atoms with Crippen LogP contribution in [0.3, 0.4) is 0 Å². The molecule has 0 radical (unpaired) electrons. The van der Waals surface area contributed by atoms with Crippen molar-refractivity contribution in [1.29, 1.82) is 0 Å². The van der Waals surface area contributed by atoms with Crippen LogP contribution >= 0.6 is 0 Å². The van der Waals surface area contributed by atoms with E-state index in [1.807, 2.05) is 26.8 Å². The average Bonchev–Trinajstić information content (AvgIpc) is 2.82. The molecule has 0 spiro atoms. The molecule has 102 valence electrons. The number of ether oxygens (including phenoxy) is 2. The Labute approximate surface area is 112 Å². The van der Waals surface area contributed by atoms with E-state index >= 15 is 0 Å². The van der Waals surface area contributed by atoms with Gasteiger partial charge in [-0.15, -0.1) is 0 Å². The molecule has 0 aliphatic carbocycles. The van der Waals surface area contributed by atoms with Gasteiger partial charge in [0.25, 0.3) is 0 Å². The maximum absolute atomic E-state index is 11.9. The first-order valence-corrected chi connectivity index (χ1v) is 6.58. The SMILES string of the molecule is Cc1cc([C@H]2CC(=O)[C@@H]3OC[C@H]2O3)c(C)c(C)c1O. The topological polar surface area (TPSA) is 55.8 Å². The number of rotatable bonds is 1. The largest absolute Gasteiger partial charge is 0.507 e. The highest BCUT2D eigenvalue weighted by molar-refractivity contribution is 5.84. The van der Waals surface area contributed by atoms with Crippen LogP contribution in [0, 0.1) is 20.8 Å². The van der Waals surface area contributed by atoms with Crippen molar-refractivity contribution in [3.05, 3.63) is 28.3 Å². The standard InChI is InChI=1S/C15H18O4/c1-7-4-10(8(2)9(3)14(7)17)11-5-12(16)15-18-6-13(11)19-15/h4,11,13,15,17H,5-6H2,1-3H3/t11-,13-,15-/m1/s1. The van der Waals surface area contributed by atoms with Gasteiger partial charge in [-0.3, -0.25) is 4.79 Å². The van der Waals surface area contributed by atoms with Gasteiger partial charge in [-0.25, -0.2) is 0 Å². The summed E-state index contributed by atoms with van der Waals surface area (Å²) in [6.45, 7) is 6.24. The number of hydrogen-bond donors (Lipinski definition) is 1. The van der Waals surface area contributed by atoms with E-state index in [0.717, 1.165) is 22.3 Å². The van der Waals surface area contributed by atoms with Gasteiger partial charge in [0.05, 0.1) is 12.7 Å². The van der Waals surface area contributed by atoms with E-state index in [9.17, 15) is 9.90 Å². The molecule has 19 heavy (non-hydrogen) atoms. The summed E-state index contributed by atoms with van der Waals surface area (Å²) in [7, 11) is 0. The Kier molecular flexibility index (Phi) is 2.87. The summed E-state index contributed by atoms with van der Waals surface area (Å²) in [6.07, 6.45) is -0.245. The van der Waals surface area contributed by atoms with Crippen LogP contribution in [-0.4, -0.2) is 29.9 Å². The Bertz CT molecular complexity index is 550. The van der Waals surface area contributed by atoms with Crippen LogP contribution in [0.15, 0.2) is 6.07 Å². The van der Waals surface area contributed by atoms with Crippen LogP contribution in [0.4, 0.5) is 0 Å². The van der Waals surface area contributed by atoms with Gasteiger partial charge < -0.3 is 14.6 Å². The molecule has 0 aromatic heterocycles. The molecule has 2 heterocycles. The summed E-state index contributed by atoms with van der Waals surface area (Å²) in [5.41, 5.74) is 3.85. The summed E-state index contributed by atoms with van der Waals surface area (Å²) in [4.78, 5) is 11.9. The molecule has 2 bridgehead atoms. The maximum atomic E-state index is 11.9. The number of aromatic hydroxyl groups is 1. The van der Waals surface area contributed by atoms with E-state index in [1.165, 1.54) is 0 Å². The third-order valence-corrected chi connectivity index (χ3v) is 4.34. The fourth-order valence-corrected chi connectivity index (χ4v) is 3.04. The fourth-order valence-electron chi connectivity index (χ4n) is 3.04. The van der Waals surface area contributed by atoms with Gasteiger partial charge in [0.15, 0.2) is 5.78 Å². The van der Waals surface area contributed by atoms with Gasteiger partial charge in [-0.05, 0) is 43.0 Å². The Balaban J connectivity index is 2.05. The van der Waals surface area contributed by atoms with Crippen LogP contribution in [0.1, 0.15) is 34.6 Å². The number of hydrogen-bond acceptors (Lipinski definition) is 4. The fraction of sp³-hybridized carbons (Fsp3) is 0.533. The minimum absolute atomic E-state index is 0.0153. The second-order valence-corrected chi connectivity index (χ2v) is 5.50. The summed E-state index contributed by atoms with van der Waals surface area (Å²) in [5.74, 6) is 0.385. The third kappa shape index (κ3) is 1.86. The Morgan fingerprint density at radius 3 is 2.74 bits per heavy atom. The first-order chi connectivity index (χ1) is 8.99. The van der Waals surface area contributed by atoms with Crippen LogP contribution in [0.2, 0.25) is 0 Å². The van der Waals surface area contributed by atoms with Gasteiger partial charge in [0, 0.05) is 12.3 Å².